The molecule has 1 saturated heterocycles. The summed E-state index contributed by atoms with van der Waals surface area (Å²) in [6.07, 6.45) is -0.221. The van der Waals surface area contributed by atoms with Crippen LogP contribution in [0.5, 0.6) is 0 Å². The fourth-order valence-corrected chi connectivity index (χ4v) is 3.34. The molecule has 2 heterocycles. The minimum Gasteiger partial charge on any atom is -0.356 e. The summed E-state index contributed by atoms with van der Waals surface area (Å²) in [4.78, 5) is 21.5. The Morgan fingerprint density at radius 3 is 2.59 bits per heavy atom. The number of aryl methyl sites for hydroxylation is 1. The average Bonchev–Trinajstić information content (AvgIpc) is 2.67. The number of nitrogens with zero attached hydrogens (tertiary/aromatic N) is 3. The van der Waals surface area contributed by atoms with E-state index in [0.29, 0.717) is 31.0 Å². The molecule has 0 bridgehead atoms. The van der Waals surface area contributed by atoms with E-state index < -0.39 is 11.9 Å². The van der Waals surface area contributed by atoms with Crippen molar-refractivity contribution < 1.29 is 18.0 Å². The van der Waals surface area contributed by atoms with Gasteiger partial charge in [-0.1, -0.05) is 29.8 Å². The number of carbonyl (C=O) groups excluding carboxylic acids is 1. The zero-order valence-electron chi connectivity index (χ0n) is 15.7. The normalized spacial score (nSPS) is 15.7. The van der Waals surface area contributed by atoms with Crippen LogP contribution in [0, 0.1) is 6.92 Å². The van der Waals surface area contributed by atoms with Crippen molar-refractivity contribution in [3.63, 3.8) is 0 Å². The molecule has 1 amide bonds. The minimum atomic E-state index is -4.51. The van der Waals surface area contributed by atoms with E-state index in [1.165, 1.54) is 13.0 Å². The molecule has 1 fully saturated rings. The second kappa shape index (κ2) is 8.82. The number of carbonyl (C=O) groups is 1. The molecule has 29 heavy (non-hydrogen) atoms. The number of amides is 1. The minimum absolute atomic E-state index is 0.0559. The molecule has 1 aromatic heterocycles. The summed E-state index contributed by atoms with van der Waals surface area (Å²) < 4.78 is 38.9. The molecule has 5 nitrogen and oxygen atoms in total. The van der Waals surface area contributed by atoms with Gasteiger partial charge >= 0.3 is 6.18 Å². The van der Waals surface area contributed by atoms with Crippen LogP contribution in [-0.2, 0) is 11.0 Å². The number of benzene rings is 1. The number of aromatic nitrogens is 2. The largest absolute Gasteiger partial charge is 0.433 e. The maximum absolute atomic E-state index is 13.0. The number of piperidine rings is 1. The van der Waals surface area contributed by atoms with Crippen molar-refractivity contribution in [2.24, 2.45) is 0 Å². The predicted molar refractivity (Wildman–Crippen MR) is 106 cm³/mol. The van der Waals surface area contributed by atoms with Crippen LogP contribution in [0.25, 0.3) is 6.08 Å². The fraction of sp³-hybridized carbons (Fsp3) is 0.350. The molecule has 0 aliphatic carbocycles. The first kappa shape index (κ1) is 21.1. The van der Waals surface area contributed by atoms with Crippen LogP contribution >= 0.6 is 11.6 Å². The maximum atomic E-state index is 13.0. The Morgan fingerprint density at radius 2 is 1.93 bits per heavy atom. The molecule has 154 valence electrons. The summed E-state index contributed by atoms with van der Waals surface area (Å²) in [6, 6.07) is 8.11. The van der Waals surface area contributed by atoms with Crippen LogP contribution in [-0.4, -0.2) is 35.0 Å². The van der Waals surface area contributed by atoms with Gasteiger partial charge in [-0.3, -0.25) is 4.79 Å². The van der Waals surface area contributed by atoms with E-state index in [1.807, 2.05) is 18.2 Å². The first-order chi connectivity index (χ1) is 13.7. The topological polar surface area (TPSA) is 58.1 Å². The molecule has 0 unspecified atom stereocenters. The molecule has 0 radical (unpaired) electrons. The van der Waals surface area contributed by atoms with Gasteiger partial charge in [-0.05, 0) is 37.5 Å². The Kier molecular flexibility index (Phi) is 6.42. The van der Waals surface area contributed by atoms with Crippen LogP contribution in [0.1, 0.15) is 29.9 Å². The van der Waals surface area contributed by atoms with Gasteiger partial charge in [0.15, 0.2) is 0 Å². The van der Waals surface area contributed by atoms with Gasteiger partial charge in [0.25, 0.3) is 0 Å². The van der Waals surface area contributed by atoms with E-state index in [0.717, 1.165) is 11.6 Å². The van der Waals surface area contributed by atoms with Gasteiger partial charge in [-0.25, -0.2) is 9.97 Å². The number of halogens is 4. The zero-order valence-corrected chi connectivity index (χ0v) is 16.5. The number of hydrogen-bond donors (Lipinski definition) is 1. The van der Waals surface area contributed by atoms with E-state index in [2.05, 4.69) is 15.3 Å². The lowest BCUT2D eigenvalue weighted by Gasteiger charge is -2.33. The SMILES string of the molecule is Cc1nc(N2CCC(NC(=O)/C=C/c3ccccc3Cl)CC2)cc(C(F)(F)F)n1. The van der Waals surface area contributed by atoms with E-state index in [1.54, 1.807) is 17.0 Å². The maximum Gasteiger partial charge on any atom is 0.433 e. The standard InChI is InChI=1S/C20H20ClF3N4O/c1-13-25-17(20(22,23)24)12-18(26-13)28-10-8-15(9-11-28)27-19(29)7-6-14-4-2-3-5-16(14)21/h2-7,12,15H,8-11H2,1H3,(H,27,29)/b7-6+. The molecule has 1 aromatic carbocycles. The number of anilines is 1. The molecule has 2 aromatic rings. The van der Waals surface area contributed by atoms with Crippen molar-refractivity contribution in [2.75, 3.05) is 18.0 Å². The molecule has 1 aliphatic heterocycles. The monoisotopic (exact) mass is 424 g/mol. The summed E-state index contributed by atoms with van der Waals surface area (Å²) in [7, 11) is 0. The van der Waals surface area contributed by atoms with Crippen molar-refractivity contribution in [1.82, 2.24) is 15.3 Å². The third-order valence-electron chi connectivity index (χ3n) is 4.60. The smallest absolute Gasteiger partial charge is 0.356 e. The molecule has 0 spiro atoms. The van der Waals surface area contributed by atoms with E-state index in [-0.39, 0.29) is 23.6 Å². The summed E-state index contributed by atoms with van der Waals surface area (Å²) in [6.45, 7) is 2.43. The van der Waals surface area contributed by atoms with Gasteiger partial charge in [-0.2, -0.15) is 13.2 Å². The Labute approximate surface area is 171 Å². The second-order valence-corrected chi connectivity index (χ2v) is 7.19. The third kappa shape index (κ3) is 5.69. The zero-order chi connectivity index (χ0) is 21.0. The summed E-state index contributed by atoms with van der Waals surface area (Å²) in [5.74, 6) is 0.101. The fourth-order valence-electron chi connectivity index (χ4n) is 3.14. The lowest BCUT2D eigenvalue weighted by atomic mass is 10.0. The number of hydrogen-bond acceptors (Lipinski definition) is 4. The Morgan fingerprint density at radius 1 is 1.24 bits per heavy atom. The highest BCUT2D eigenvalue weighted by atomic mass is 35.5. The van der Waals surface area contributed by atoms with Crippen LogP contribution in [0.3, 0.4) is 0 Å². The van der Waals surface area contributed by atoms with Gasteiger partial charge in [0.2, 0.25) is 5.91 Å². The van der Waals surface area contributed by atoms with Gasteiger partial charge in [0.1, 0.15) is 17.3 Å². The van der Waals surface area contributed by atoms with Gasteiger partial charge in [0.05, 0.1) is 0 Å². The lowest BCUT2D eigenvalue weighted by Crippen LogP contribution is -2.44. The molecule has 0 saturated carbocycles. The molecule has 1 N–H and O–H groups in total. The van der Waals surface area contributed by atoms with Crippen LogP contribution in [0.15, 0.2) is 36.4 Å². The summed E-state index contributed by atoms with van der Waals surface area (Å²) >= 11 is 6.05. The summed E-state index contributed by atoms with van der Waals surface area (Å²) in [5.41, 5.74) is -0.195. The first-order valence-electron chi connectivity index (χ1n) is 9.13. The van der Waals surface area contributed by atoms with Crippen LogP contribution in [0.2, 0.25) is 5.02 Å². The summed E-state index contributed by atoms with van der Waals surface area (Å²) in [5, 5.41) is 3.48. The highest BCUT2D eigenvalue weighted by Crippen LogP contribution is 2.30. The molecule has 0 atom stereocenters. The third-order valence-corrected chi connectivity index (χ3v) is 4.94. The molecule has 1 aliphatic rings. The highest BCUT2D eigenvalue weighted by Gasteiger charge is 2.34. The van der Waals surface area contributed by atoms with Crippen molar-refractivity contribution in [3.8, 4) is 0 Å². The second-order valence-electron chi connectivity index (χ2n) is 6.78. The van der Waals surface area contributed by atoms with Crippen LogP contribution < -0.4 is 10.2 Å². The number of rotatable bonds is 4. The quantitative estimate of drug-likeness (QED) is 0.745. The highest BCUT2D eigenvalue weighted by molar-refractivity contribution is 6.32. The molecule has 3 rings (SSSR count). The molecular weight excluding hydrogens is 405 g/mol. The van der Waals surface area contributed by atoms with Gasteiger partial charge in [0, 0.05) is 36.3 Å². The predicted octanol–water partition coefficient (Wildman–Crippen LogP) is 4.26. The average molecular weight is 425 g/mol. The van der Waals surface area contributed by atoms with Gasteiger partial charge < -0.3 is 10.2 Å². The van der Waals surface area contributed by atoms with Crippen LogP contribution in [0.4, 0.5) is 19.0 Å². The van der Waals surface area contributed by atoms with E-state index in [4.69, 9.17) is 11.6 Å². The molecular formula is C20H20ClF3N4O. The van der Waals surface area contributed by atoms with E-state index >= 15 is 0 Å². The van der Waals surface area contributed by atoms with Crippen molar-refractivity contribution in [1.29, 1.82) is 0 Å². The first-order valence-corrected chi connectivity index (χ1v) is 9.51. The van der Waals surface area contributed by atoms with Gasteiger partial charge in [-0.15, -0.1) is 0 Å². The lowest BCUT2D eigenvalue weighted by molar-refractivity contribution is -0.141. The Balaban J connectivity index is 1.56. The molecule has 9 heteroatoms. The van der Waals surface area contributed by atoms with Crippen molar-refractivity contribution in [2.45, 2.75) is 32.0 Å². The Bertz CT molecular complexity index is 909. The number of nitrogens with one attached hydrogen (secondary N) is 1. The van der Waals surface area contributed by atoms with E-state index in [9.17, 15) is 18.0 Å². The van der Waals surface area contributed by atoms with Crippen molar-refractivity contribution >= 4 is 29.4 Å². The number of alkyl halides is 3. The van der Waals surface area contributed by atoms with Crippen molar-refractivity contribution in [3.05, 3.63) is 58.5 Å². The Hall–Kier alpha value is -2.61.